The van der Waals surface area contributed by atoms with Crippen LogP contribution in [0.2, 0.25) is 0 Å². The Morgan fingerprint density at radius 1 is 1.31 bits per heavy atom. The van der Waals surface area contributed by atoms with Crippen molar-refractivity contribution in [2.75, 3.05) is 19.7 Å². The van der Waals surface area contributed by atoms with Crippen LogP contribution >= 0.6 is 0 Å². The monoisotopic (exact) mass is 223 g/mol. The van der Waals surface area contributed by atoms with Gasteiger partial charge in [-0.2, -0.15) is 0 Å². The first-order chi connectivity index (χ1) is 7.88. The molecule has 0 amide bonds. The fourth-order valence-corrected chi connectivity index (χ4v) is 1.96. The van der Waals surface area contributed by atoms with E-state index in [1.165, 1.54) is 12.8 Å². The van der Waals surface area contributed by atoms with Crippen molar-refractivity contribution in [3.63, 3.8) is 0 Å². The summed E-state index contributed by atoms with van der Waals surface area (Å²) in [6.07, 6.45) is 2.46. The van der Waals surface area contributed by atoms with Crippen molar-refractivity contribution in [1.82, 2.24) is 5.32 Å². The first kappa shape index (κ1) is 11.4. The minimum absolute atomic E-state index is 0.410. The molecule has 0 aliphatic carbocycles. The molecule has 1 fully saturated rings. The normalized spacial score (nSPS) is 20.7. The molecule has 2 rings (SSSR count). The summed E-state index contributed by atoms with van der Waals surface area (Å²) in [5.74, 6) is 1.44. The second-order valence-electron chi connectivity index (χ2n) is 4.30. The fourth-order valence-electron chi connectivity index (χ4n) is 1.96. The second-order valence-corrected chi connectivity index (χ2v) is 4.30. The van der Waals surface area contributed by atoms with Crippen molar-refractivity contribution >= 4 is 0 Å². The van der Waals surface area contributed by atoms with Crippen molar-refractivity contribution in [3.05, 3.63) is 29.8 Å². The van der Waals surface area contributed by atoms with Gasteiger partial charge in [-0.1, -0.05) is 12.1 Å². The molecule has 1 saturated heterocycles. The van der Waals surface area contributed by atoms with Gasteiger partial charge in [-0.25, -0.2) is 4.39 Å². The summed E-state index contributed by atoms with van der Waals surface area (Å²) in [6.45, 7) is 2.51. The van der Waals surface area contributed by atoms with Crippen LogP contribution in [0.4, 0.5) is 4.39 Å². The fraction of sp³-hybridized carbons (Fsp3) is 0.538. The number of benzene rings is 1. The predicted octanol–water partition coefficient (Wildman–Crippen LogP) is 2.53. The zero-order valence-electron chi connectivity index (χ0n) is 9.42. The number of ether oxygens (including phenoxy) is 1. The van der Waals surface area contributed by atoms with Gasteiger partial charge in [0.2, 0.25) is 0 Å². The molecule has 88 valence electrons. The molecule has 1 unspecified atom stereocenters. The predicted molar refractivity (Wildman–Crippen MR) is 62.3 cm³/mol. The zero-order valence-corrected chi connectivity index (χ0v) is 9.42. The van der Waals surface area contributed by atoms with Crippen LogP contribution in [0, 0.1) is 5.92 Å². The molecule has 1 heterocycles. The lowest BCUT2D eigenvalue weighted by Gasteiger charge is -2.22. The number of hydrogen-bond acceptors (Lipinski definition) is 2. The van der Waals surface area contributed by atoms with E-state index in [1.54, 1.807) is 12.1 Å². The third-order valence-corrected chi connectivity index (χ3v) is 2.96. The van der Waals surface area contributed by atoms with E-state index in [2.05, 4.69) is 5.32 Å². The molecule has 2 nitrogen and oxygen atoms in total. The molecule has 1 aliphatic rings. The molecule has 0 aromatic heterocycles. The van der Waals surface area contributed by atoms with Crippen molar-refractivity contribution in [1.29, 1.82) is 0 Å². The summed E-state index contributed by atoms with van der Waals surface area (Å²) in [5, 5.41) is 3.36. The highest BCUT2D eigenvalue weighted by molar-refractivity contribution is 5.26. The number of nitrogens with one attached hydrogen (secondary N) is 1. The van der Waals surface area contributed by atoms with Crippen molar-refractivity contribution in [3.8, 4) is 5.75 Å². The van der Waals surface area contributed by atoms with E-state index in [-0.39, 0.29) is 0 Å². The topological polar surface area (TPSA) is 21.3 Å². The number of piperidine rings is 1. The van der Waals surface area contributed by atoms with Gasteiger partial charge in [0, 0.05) is 12.5 Å². The van der Waals surface area contributed by atoms with E-state index in [0.717, 1.165) is 25.4 Å². The first-order valence-electron chi connectivity index (χ1n) is 5.87. The maximum absolute atomic E-state index is 12.3. The summed E-state index contributed by atoms with van der Waals surface area (Å²) < 4.78 is 18.0. The molecule has 0 bridgehead atoms. The van der Waals surface area contributed by atoms with Gasteiger partial charge in [-0.3, -0.25) is 0 Å². The van der Waals surface area contributed by atoms with Crippen LogP contribution in [0.1, 0.15) is 18.4 Å². The first-order valence-corrected chi connectivity index (χ1v) is 5.87. The summed E-state index contributed by atoms with van der Waals surface area (Å²) in [7, 11) is 0. The molecular weight excluding hydrogens is 205 g/mol. The SMILES string of the molecule is FCc1ccc(OCC2CCCNC2)cc1. The highest BCUT2D eigenvalue weighted by Crippen LogP contribution is 2.16. The van der Waals surface area contributed by atoms with Crippen LogP contribution in [-0.2, 0) is 6.67 Å². The van der Waals surface area contributed by atoms with Gasteiger partial charge in [0.05, 0.1) is 6.61 Å². The minimum atomic E-state index is -0.410. The minimum Gasteiger partial charge on any atom is -0.493 e. The van der Waals surface area contributed by atoms with E-state index in [0.29, 0.717) is 11.5 Å². The molecule has 1 aromatic carbocycles. The van der Waals surface area contributed by atoms with Crippen LogP contribution in [-0.4, -0.2) is 19.7 Å². The lowest BCUT2D eigenvalue weighted by atomic mass is 10.0. The Hall–Kier alpha value is -1.09. The van der Waals surface area contributed by atoms with Crippen molar-refractivity contribution in [2.24, 2.45) is 5.92 Å². The van der Waals surface area contributed by atoms with Gasteiger partial charge >= 0.3 is 0 Å². The second kappa shape index (κ2) is 5.85. The lowest BCUT2D eigenvalue weighted by Crippen LogP contribution is -2.33. The van der Waals surface area contributed by atoms with Gasteiger partial charge < -0.3 is 10.1 Å². The van der Waals surface area contributed by atoms with Crippen LogP contribution < -0.4 is 10.1 Å². The molecule has 0 spiro atoms. The third-order valence-electron chi connectivity index (χ3n) is 2.96. The average Bonchev–Trinajstić information content (AvgIpc) is 2.38. The smallest absolute Gasteiger partial charge is 0.119 e. The molecule has 3 heteroatoms. The van der Waals surface area contributed by atoms with E-state index in [9.17, 15) is 4.39 Å². The van der Waals surface area contributed by atoms with Gasteiger partial charge in [-0.05, 0) is 37.1 Å². The number of alkyl halides is 1. The van der Waals surface area contributed by atoms with Gasteiger partial charge in [0.15, 0.2) is 0 Å². The Labute approximate surface area is 95.8 Å². The molecule has 1 aliphatic heterocycles. The summed E-state index contributed by atoms with van der Waals surface area (Å²) in [5.41, 5.74) is 0.701. The van der Waals surface area contributed by atoms with Crippen LogP contribution in [0.25, 0.3) is 0 Å². The average molecular weight is 223 g/mol. The Morgan fingerprint density at radius 3 is 2.75 bits per heavy atom. The largest absolute Gasteiger partial charge is 0.493 e. The quantitative estimate of drug-likeness (QED) is 0.847. The molecular formula is C13H18FNO. The highest BCUT2D eigenvalue weighted by atomic mass is 19.1. The summed E-state index contributed by atoms with van der Waals surface area (Å²) in [6, 6.07) is 7.22. The summed E-state index contributed by atoms with van der Waals surface area (Å²) >= 11 is 0. The number of hydrogen-bond donors (Lipinski definition) is 1. The van der Waals surface area contributed by atoms with Crippen molar-refractivity contribution in [2.45, 2.75) is 19.5 Å². The number of rotatable bonds is 4. The number of halogens is 1. The Bertz CT molecular complexity index is 306. The van der Waals surface area contributed by atoms with Gasteiger partial charge in [-0.15, -0.1) is 0 Å². The standard InChI is InChI=1S/C13H18FNO/c14-8-11-3-5-13(6-4-11)16-10-12-2-1-7-15-9-12/h3-6,12,15H,1-2,7-10H2. The van der Waals surface area contributed by atoms with Crippen LogP contribution in [0.3, 0.4) is 0 Å². The van der Waals surface area contributed by atoms with Crippen molar-refractivity contribution < 1.29 is 9.13 Å². The van der Waals surface area contributed by atoms with Gasteiger partial charge in [0.1, 0.15) is 12.4 Å². The van der Waals surface area contributed by atoms with Crippen LogP contribution in [0.15, 0.2) is 24.3 Å². The Kier molecular flexibility index (Phi) is 4.17. The van der Waals surface area contributed by atoms with E-state index in [1.807, 2.05) is 12.1 Å². The van der Waals surface area contributed by atoms with E-state index in [4.69, 9.17) is 4.74 Å². The Morgan fingerprint density at radius 2 is 2.12 bits per heavy atom. The molecule has 0 saturated carbocycles. The molecule has 16 heavy (non-hydrogen) atoms. The molecule has 0 radical (unpaired) electrons. The molecule has 1 aromatic rings. The van der Waals surface area contributed by atoms with E-state index >= 15 is 0 Å². The van der Waals surface area contributed by atoms with Crippen LogP contribution in [0.5, 0.6) is 5.75 Å². The maximum Gasteiger partial charge on any atom is 0.119 e. The maximum atomic E-state index is 12.3. The molecule has 1 N–H and O–H groups in total. The lowest BCUT2D eigenvalue weighted by molar-refractivity contribution is 0.218. The zero-order chi connectivity index (χ0) is 11.2. The molecule has 1 atom stereocenters. The third kappa shape index (κ3) is 3.20. The van der Waals surface area contributed by atoms with E-state index < -0.39 is 6.67 Å². The summed E-state index contributed by atoms with van der Waals surface area (Å²) in [4.78, 5) is 0. The Balaban J connectivity index is 1.79. The highest BCUT2D eigenvalue weighted by Gasteiger charge is 2.13. The van der Waals surface area contributed by atoms with Gasteiger partial charge in [0.25, 0.3) is 0 Å².